The monoisotopic (exact) mass is 267 g/mol. The molecule has 2 aliphatic rings. The Morgan fingerprint density at radius 2 is 2.10 bits per heavy atom. The maximum atomic E-state index is 12.9. The Hall–Kier alpha value is -1.57. The van der Waals surface area contributed by atoms with Crippen LogP contribution in [0.5, 0.6) is 0 Å². The van der Waals surface area contributed by atoms with Crippen molar-refractivity contribution in [1.82, 2.24) is 4.57 Å². The van der Waals surface area contributed by atoms with E-state index in [9.17, 15) is 4.79 Å². The first-order chi connectivity index (χ1) is 9.68. The van der Waals surface area contributed by atoms with E-state index in [0.717, 1.165) is 31.4 Å². The van der Waals surface area contributed by atoms with E-state index in [1.165, 1.54) is 28.6 Å². The van der Waals surface area contributed by atoms with E-state index >= 15 is 0 Å². The zero-order chi connectivity index (χ0) is 13.9. The van der Waals surface area contributed by atoms with Crippen molar-refractivity contribution < 1.29 is 4.79 Å². The molecule has 1 aliphatic heterocycles. The quantitative estimate of drug-likeness (QED) is 0.765. The van der Waals surface area contributed by atoms with Crippen LogP contribution in [-0.4, -0.2) is 10.4 Å². The molecule has 1 unspecified atom stereocenters. The Kier molecular flexibility index (Phi) is 2.57. The summed E-state index contributed by atoms with van der Waals surface area (Å²) in [4.78, 5) is 12.9. The second-order valence-electron chi connectivity index (χ2n) is 6.64. The van der Waals surface area contributed by atoms with Gasteiger partial charge in [-0.3, -0.25) is 4.79 Å². The third-order valence-corrected chi connectivity index (χ3v) is 5.18. The zero-order valence-electron chi connectivity index (χ0n) is 12.3. The number of carbonyl (C=O) groups excluding carboxylic acids is 1. The molecule has 2 heteroatoms. The summed E-state index contributed by atoms with van der Waals surface area (Å²) in [5.41, 5.74) is 5.14. The molecule has 0 spiro atoms. The van der Waals surface area contributed by atoms with Gasteiger partial charge in [-0.05, 0) is 37.2 Å². The predicted molar refractivity (Wildman–Crippen MR) is 81.2 cm³/mol. The van der Waals surface area contributed by atoms with Crippen molar-refractivity contribution in [2.45, 2.75) is 46.1 Å². The number of nitrogens with zero attached hydrogens (tertiary/aromatic N) is 1. The van der Waals surface area contributed by atoms with Crippen molar-refractivity contribution in [3.05, 3.63) is 35.0 Å². The number of rotatable bonds is 1. The SMILES string of the molecule is CC(C)C1CCc2c(c3cccc4c3n2CCC4)C1=O. The highest BCUT2D eigenvalue weighted by Gasteiger charge is 2.35. The number of Topliss-reactive ketones (excluding diaryl/α,β-unsaturated/α-hetero) is 1. The molecular weight excluding hydrogens is 246 g/mol. The first-order valence-electron chi connectivity index (χ1n) is 7.85. The van der Waals surface area contributed by atoms with Crippen molar-refractivity contribution in [1.29, 1.82) is 0 Å². The Bertz CT molecular complexity index is 708. The molecule has 1 aromatic carbocycles. The van der Waals surface area contributed by atoms with Crippen LogP contribution in [0.4, 0.5) is 0 Å². The third kappa shape index (κ3) is 1.48. The number of para-hydroxylation sites is 1. The first-order valence-corrected chi connectivity index (χ1v) is 7.85. The smallest absolute Gasteiger partial charge is 0.168 e. The molecule has 1 atom stereocenters. The second-order valence-corrected chi connectivity index (χ2v) is 6.64. The number of hydrogen-bond donors (Lipinski definition) is 0. The molecule has 2 aromatic rings. The molecule has 20 heavy (non-hydrogen) atoms. The zero-order valence-corrected chi connectivity index (χ0v) is 12.3. The predicted octanol–water partition coefficient (Wildman–Crippen LogP) is 3.99. The van der Waals surface area contributed by atoms with Crippen molar-refractivity contribution in [2.24, 2.45) is 11.8 Å². The molecule has 0 saturated carbocycles. The minimum atomic E-state index is 0.214. The lowest BCUT2D eigenvalue weighted by Crippen LogP contribution is -2.27. The minimum Gasteiger partial charge on any atom is -0.344 e. The van der Waals surface area contributed by atoms with E-state index in [0.29, 0.717) is 11.7 Å². The van der Waals surface area contributed by atoms with Crippen molar-refractivity contribution >= 4 is 16.7 Å². The maximum absolute atomic E-state index is 12.9. The van der Waals surface area contributed by atoms with Gasteiger partial charge < -0.3 is 4.57 Å². The Morgan fingerprint density at radius 3 is 2.90 bits per heavy atom. The van der Waals surface area contributed by atoms with Gasteiger partial charge in [0.1, 0.15) is 0 Å². The first kappa shape index (κ1) is 12.2. The maximum Gasteiger partial charge on any atom is 0.168 e. The average Bonchev–Trinajstić information content (AvgIpc) is 2.77. The summed E-state index contributed by atoms with van der Waals surface area (Å²) >= 11 is 0. The van der Waals surface area contributed by atoms with Gasteiger partial charge in [0.2, 0.25) is 0 Å². The lowest BCUT2D eigenvalue weighted by atomic mass is 9.79. The molecular formula is C18H21NO. The number of fused-ring (bicyclic) bond motifs is 3. The Morgan fingerprint density at radius 1 is 1.25 bits per heavy atom. The number of benzene rings is 1. The lowest BCUT2D eigenvalue weighted by molar-refractivity contribution is 0.0864. The summed E-state index contributed by atoms with van der Waals surface area (Å²) in [6.07, 6.45) is 4.45. The highest BCUT2D eigenvalue weighted by molar-refractivity contribution is 6.12. The molecule has 0 amide bonds. The van der Waals surface area contributed by atoms with Crippen LogP contribution in [0.25, 0.3) is 10.9 Å². The highest BCUT2D eigenvalue weighted by Crippen LogP contribution is 2.39. The molecule has 0 bridgehead atoms. The van der Waals surface area contributed by atoms with E-state index in [1.807, 2.05) is 0 Å². The Balaban J connectivity index is 2.01. The number of ketones is 1. The van der Waals surface area contributed by atoms with E-state index in [-0.39, 0.29) is 5.92 Å². The number of hydrogen-bond acceptors (Lipinski definition) is 1. The molecule has 104 valence electrons. The van der Waals surface area contributed by atoms with Crippen LogP contribution < -0.4 is 0 Å². The van der Waals surface area contributed by atoms with Crippen molar-refractivity contribution in [3.8, 4) is 0 Å². The summed E-state index contributed by atoms with van der Waals surface area (Å²) < 4.78 is 2.44. The summed E-state index contributed by atoms with van der Waals surface area (Å²) in [7, 11) is 0. The van der Waals surface area contributed by atoms with Gasteiger partial charge in [-0.25, -0.2) is 0 Å². The normalized spacial score (nSPS) is 21.6. The molecule has 2 nitrogen and oxygen atoms in total. The number of aromatic nitrogens is 1. The molecule has 1 aromatic heterocycles. The van der Waals surface area contributed by atoms with Gasteiger partial charge in [0, 0.05) is 29.1 Å². The average molecular weight is 267 g/mol. The van der Waals surface area contributed by atoms with Gasteiger partial charge in [-0.2, -0.15) is 0 Å². The van der Waals surface area contributed by atoms with Crippen LogP contribution in [0.2, 0.25) is 0 Å². The largest absolute Gasteiger partial charge is 0.344 e. The summed E-state index contributed by atoms with van der Waals surface area (Å²) in [6, 6.07) is 6.51. The van der Waals surface area contributed by atoms with E-state index in [1.54, 1.807) is 0 Å². The van der Waals surface area contributed by atoms with E-state index < -0.39 is 0 Å². The van der Waals surface area contributed by atoms with Crippen LogP contribution in [0, 0.1) is 11.8 Å². The van der Waals surface area contributed by atoms with Crippen LogP contribution in [0.3, 0.4) is 0 Å². The molecule has 0 saturated heterocycles. The lowest BCUT2D eigenvalue weighted by Gasteiger charge is -2.26. The fraction of sp³-hybridized carbons (Fsp3) is 0.500. The molecule has 0 fully saturated rings. The van der Waals surface area contributed by atoms with Crippen molar-refractivity contribution in [3.63, 3.8) is 0 Å². The topological polar surface area (TPSA) is 22.0 Å². The van der Waals surface area contributed by atoms with Gasteiger partial charge in [-0.1, -0.05) is 32.0 Å². The Labute approximate surface area is 119 Å². The van der Waals surface area contributed by atoms with Gasteiger partial charge in [0.15, 0.2) is 5.78 Å². The van der Waals surface area contributed by atoms with Crippen LogP contribution >= 0.6 is 0 Å². The van der Waals surface area contributed by atoms with Gasteiger partial charge in [0.05, 0.1) is 5.52 Å². The van der Waals surface area contributed by atoms with Gasteiger partial charge >= 0.3 is 0 Å². The molecule has 1 aliphatic carbocycles. The standard InChI is InChI=1S/C18H21NO/c1-11(2)13-8-9-15-16(18(13)20)14-7-3-5-12-6-4-10-19(15)17(12)14/h3,5,7,11,13H,4,6,8-10H2,1-2H3. The van der Waals surface area contributed by atoms with Crippen molar-refractivity contribution in [2.75, 3.05) is 0 Å². The van der Waals surface area contributed by atoms with Crippen LogP contribution in [0.1, 0.15) is 48.3 Å². The molecule has 0 N–H and O–H groups in total. The molecule has 2 heterocycles. The number of carbonyl (C=O) groups is 1. The summed E-state index contributed by atoms with van der Waals surface area (Å²) in [6.45, 7) is 5.44. The minimum absolute atomic E-state index is 0.214. The van der Waals surface area contributed by atoms with Gasteiger partial charge in [-0.15, -0.1) is 0 Å². The fourth-order valence-electron chi connectivity index (χ4n) is 4.19. The van der Waals surface area contributed by atoms with E-state index in [2.05, 4.69) is 36.6 Å². The fourth-order valence-corrected chi connectivity index (χ4v) is 4.19. The van der Waals surface area contributed by atoms with Gasteiger partial charge in [0.25, 0.3) is 0 Å². The second kappa shape index (κ2) is 4.21. The van der Waals surface area contributed by atoms with Crippen LogP contribution in [-0.2, 0) is 19.4 Å². The summed E-state index contributed by atoms with van der Waals surface area (Å²) in [5, 5.41) is 1.22. The summed E-state index contributed by atoms with van der Waals surface area (Å²) in [5.74, 6) is 1.05. The van der Waals surface area contributed by atoms with Crippen LogP contribution in [0.15, 0.2) is 18.2 Å². The van der Waals surface area contributed by atoms with E-state index in [4.69, 9.17) is 0 Å². The molecule has 4 rings (SSSR count). The highest BCUT2D eigenvalue weighted by atomic mass is 16.1. The number of aryl methyl sites for hydroxylation is 2. The third-order valence-electron chi connectivity index (χ3n) is 5.18. The molecule has 0 radical (unpaired) electrons.